The molecule has 0 unspecified atom stereocenters. The first-order valence-electron chi connectivity index (χ1n) is 45.3. The third-order valence-corrected chi connectivity index (χ3v) is 27.2. The summed E-state index contributed by atoms with van der Waals surface area (Å²) in [5, 5.41) is 19.1. The SMILES string of the molecule is C=CCC1(C(=O)O)CCOCC1.C=CCC1(C(=O)OC)CCOCC1.C=CCC1(NC(=O)OC)CCOCC1.CC(=O)OOC(C)=O.COC(=O)NC1(CC=O)CCOCC1.COC(=O)NC1(CCN2CC[C@@H]3Cc4[nH]c5ccc(C(F)(F)F)cc5c4[C@H](C)[C@H]3C2)CCOCC1.C[C@H]1c2c([nH]c3ccc(C(F)(F)F)cc23)C[C@H]2CCN(CCC3(N)CCOCC3)C[C@@H]21.[B-]OC(C)=O.[Li+].[Na+].[OH-]. The number of methoxy groups -OCH3 is 4. The zero-order valence-corrected chi connectivity index (χ0v) is 82.3. The number of carboxylic acids is 1. The van der Waals surface area contributed by atoms with Crippen molar-refractivity contribution >= 4 is 84.3 Å². The maximum absolute atomic E-state index is 13.4. The Balaban J connectivity index is 0.000000344. The molecule has 10 heterocycles. The number of amides is 3. The van der Waals surface area contributed by atoms with Crippen molar-refractivity contribution in [2.75, 3.05) is 147 Å². The molecule has 10 aliphatic rings. The Labute approximate surface area is 822 Å². The summed E-state index contributed by atoms with van der Waals surface area (Å²) in [4.78, 5) is 116. The van der Waals surface area contributed by atoms with Gasteiger partial charge in [-0.1, -0.05) is 32.1 Å². The van der Waals surface area contributed by atoms with Gasteiger partial charge < -0.3 is 117 Å². The number of likely N-dealkylation sites (tertiary alicyclic amines) is 2. The molecule has 8 fully saturated rings. The summed E-state index contributed by atoms with van der Waals surface area (Å²) in [6, 6.07) is 8.16. The zero-order valence-electron chi connectivity index (χ0n) is 80.3. The van der Waals surface area contributed by atoms with Crippen molar-refractivity contribution in [1.82, 2.24) is 35.7 Å². The van der Waals surface area contributed by atoms with E-state index in [2.05, 4.69) is 101 Å². The molecule has 41 heteroatoms. The van der Waals surface area contributed by atoms with Crippen molar-refractivity contribution < 1.29 is 190 Å². The summed E-state index contributed by atoms with van der Waals surface area (Å²) in [7, 11) is 9.82. The van der Waals surface area contributed by atoms with Crippen LogP contribution in [-0.4, -0.2) is 262 Å². The second-order valence-electron chi connectivity index (χ2n) is 35.8. The van der Waals surface area contributed by atoms with E-state index >= 15 is 0 Å². The van der Waals surface area contributed by atoms with E-state index in [9.17, 15) is 69.5 Å². The van der Waals surface area contributed by atoms with Crippen molar-refractivity contribution in [3.05, 3.63) is 108 Å². The number of aromatic nitrogens is 2. The van der Waals surface area contributed by atoms with Crippen LogP contribution in [0.25, 0.3) is 21.8 Å². The Morgan fingerprint density at radius 2 is 0.852 bits per heavy atom. The van der Waals surface area contributed by atoms with E-state index in [1.54, 1.807) is 24.3 Å². The average molecular weight is 1920 g/mol. The number of fused-ring (bicyclic) bond motifs is 8. The van der Waals surface area contributed by atoms with Crippen LogP contribution in [0.4, 0.5) is 40.7 Å². The van der Waals surface area contributed by atoms with Crippen molar-refractivity contribution in [3.63, 3.8) is 0 Å². The summed E-state index contributed by atoms with van der Waals surface area (Å²) >= 11 is 0. The smallest absolute Gasteiger partial charge is 0.870 e. The molecule has 14 rings (SSSR count). The number of aliphatic carboxylic acids is 1. The van der Waals surface area contributed by atoms with Gasteiger partial charge >= 0.3 is 103 Å². The minimum Gasteiger partial charge on any atom is -0.870 e. The van der Waals surface area contributed by atoms with Gasteiger partial charge in [0.1, 0.15) is 6.29 Å². The minimum absolute atomic E-state index is 0. The van der Waals surface area contributed by atoms with Gasteiger partial charge in [-0.25, -0.2) is 33.7 Å². The number of hydrogen-bond donors (Lipinski definition) is 7. The Hall–Kier alpha value is -7.59. The van der Waals surface area contributed by atoms with Crippen LogP contribution in [0, 0.1) is 34.5 Å². The Bertz CT molecular complexity index is 4350. The second-order valence-corrected chi connectivity index (χ2v) is 35.8. The molecule has 745 valence electrons. The summed E-state index contributed by atoms with van der Waals surface area (Å²) in [5.74, 6) is -0.204. The maximum Gasteiger partial charge on any atom is 1.00 e. The molecule has 0 spiro atoms. The quantitative estimate of drug-likeness (QED) is 0.00679. The fraction of sp³-hybridized carbons (Fsp3) is 0.670. The molecule has 0 bridgehead atoms. The number of aromatic amines is 2. The number of carbonyl (C=O) groups is 9. The summed E-state index contributed by atoms with van der Waals surface area (Å²) in [6.45, 7) is 32.3. The summed E-state index contributed by atoms with van der Waals surface area (Å²) in [6.07, 6.45) is 13.3. The predicted molar refractivity (Wildman–Crippen MR) is 481 cm³/mol. The molecule has 9 N–H and O–H groups in total. The van der Waals surface area contributed by atoms with Gasteiger partial charge in [0, 0.05) is 170 Å². The number of nitrogens with two attached hydrogens (primary N) is 1. The van der Waals surface area contributed by atoms with Crippen LogP contribution in [-0.2, 0) is 116 Å². The number of alkyl halides is 6. The third kappa shape index (κ3) is 35.6. The summed E-state index contributed by atoms with van der Waals surface area (Å²) < 4.78 is 134. The number of nitrogens with zero attached hydrogens (tertiary/aromatic N) is 2. The third-order valence-electron chi connectivity index (χ3n) is 27.2. The topological polar surface area (TPSA) is 424 Å². The molecule has 2 aromatic heterocycles. The van der Waals surface area contributed by atoms with Crippen LogP contribution in [0.15, 0.2) is 74.4 Å². The molecule has 2 aliphatic carbocycles. The molecular weight excluding hydrogens is 1780 g/mol. The Morgan fingerprint density at radius 3 is 1.19 bits per heavy atom. The Morgan fingerprint density at radius 1 is 0.519 bits per heavy atom. The number of ether oxygens (including phenoxy) is 10. The fourth-order valence-electron chi connectivity index (χ4n) is 19.4. The molecule has 0 saturated carbocycles. The van der Waals surface area contributed by atoms with Crippen LogP contribution in [0.3, 0.4) is 0 Å². The molecule has 4 aromatic rings. The van der Waals surface area contributed by atoms with E-state index in [0.29, 0.717) is 140 Å². The average Bonchev–Trinajstić information content (AvgIpc) is 1.60. The number of H-pyrrole nitrogens is 2. The van der Waals surface area contributed by atoms with Crippen molar-refractivity contribution in [1.29, 1.82) is 0 Å². The number of carboxylic acid groups (broad SMARTS) is 1. The van der Waals surface area contributed by atoms with E-state index in [1.807, 2.05) is 6.08 Å². The van der Waals surface area contributed by atoms with Crippen LogP contribution < -0.4 is 70.1 Å². The van der Waals surface area contributed by atoms with Crippen molar-refractivity contribution in [3.8, 4) is 0 Å². The number of carbonyl (C=O) groups excluding carboxylic acids is 8. The van der Waals surface area contributed by atoms with Gasteiger partial charge in [0.15, 0.2) is 0 Å². The summed E-state index contributed by atoms with van der Waals surface area (Å²) in [5.41, 5.74) is 9.37. The van der Waals surface area contributed by atoms with Gasteiger partial charge in [-0.2, -0.15) is 26.3 Å². The fourth-order valence-corrected chi connectivity index (χ4v) is 19.4. The van der Waals surface area contributed by atoms with Gasteiger partial charge in [-0.3, -0.25) is 14.4 Å². The first kappa shape index (κ1) is 120. The van der Waals surface area contributed by atoms with Crippen LogP contribution in [0.5, 0.6) is 0 Å². The molecule has 8 saturated heterocycles. The van der Waals surface area contributed by atoms with Crippen LogP contribution in [0.1, 0.15) is 209 Å². The van der Waals surface area contributed by atoms with Gasteiger partial charge in [-0.05, 0) is 238 Å². The van der Waals surface area contributed by atoms with Crippen LogP contribution >= 0.6 is 0 Å². The molecular formula is C94H138BF6LiN8NaO24. The minimum atomic E-state index is -4.35. The molecule has 135 heavy (non-hydrogen) atoms. The predicted octanol–water partition coefficient (Wildman–Crippen LogP) is 8.18. The number of alkyl carbamates (subject to hydrolysis) is 3. The molecule has 32 nitrogen and oxygen atoms in total. The molecule has 3 amide bonds. The second kappa shape index (κ2) is 57.2. The first-order chi connectivity index (χ1) is 62.7. The van der Waals surface area contributed by atoms with Gasteiger partial charge in [0.25, 0.3) is 0 Å². The van der Waals surface area contributed by atoms with Crippen LogP contribution in [0.2, 0.25) is 0 Å². The number of nitrogens with one attached hydrogen (secondary N) is 5. The van der Waals surface area contributed by atoms with Gasteiger partial charge in [0.05, 0.1) is 61.5 Å². The van der Waals surface area contributed by atoms with Gasteiger partial charge in [-0.15, -0.1) is 19.7 Å². The largest absolute Gasteiger partial charge is 1.00 e. The van der Waals surface area contributed by atoms with Crippen molar-refractivity contribution in [2.24, 2.45) is 40.2 Å². The molecule has 2 aromatic carbocycles. The normalized spacial score (nSPS) is 22.3. The number of rotatable bonds is 19. The van der Waals surface area contributed by atoms with Crippen molar-refractivity contribution in [2.45, 2.75) is 222 Å². The molecule has 8 aliphatic heterocycles. The molecule has 3 radical (unpaired) electrons. The zero-order chi connectivity index (χ0) is 97.1. The van der Waals surface area contributed by atoms with E-state index < -0.39 is 70.5 Å². The number of esters is 1. The van der Waals surface area contributed by atoms with E-state index in [1.165, 1.54) is 53.6 Å². The standard InChI is InChI=1S/C26H34F3N3O3.C24H32F3N3O.C10H17NO3.C10H16O3.C9H15NO4.C9H14O3.C4H6O4.C2H3BO2.Li.Na.H2O/c1-16-20-15-32(10-6-25(31-24(33)34-2)7-11-35-12-8-25)9-5-17(20)13-22-23(16)19-14-18(26(27,28)29)3-4-21(19)30-22;1-15-19-14-30(9-5-23(28)6-10-31-11-7-23)8-4-16(19)12-21-22(15)18-13-17(24(25,26)27)2-3-20(18)29-21;1-3-4-10(11-9(12)13-2)5-7-14-8-6-10;1-3-4-10(9(11)12-2)5-7-13-8-6-10;1-13-8(12)10-9(2-5-11)3-6-14-7-4-9;1-2-3-9(8(10)11)4-6-12-7-5-9;1-3(5)7-8-4(2)6;1-2(4)5-3;;;/h3-4,14,16-17,20,30H,5-13,15H2,1-2H3,(H,31,33);2-3,13,15-16,19,29H,4-12,14,28H2,1H3;3H,1,4-8H2,2H3,(H,11,12);3H,1,4-8H2,2H3;5H,2-4,6-7H2,1H3,(H,10,12);2H,1,3-7H2,(H,10,11);1-2H3;1H3;;;1H2/q;;;;;;;-1;2*+1;/p-1/t16-,17-,20-;15-,16-,19-;;;;;;;;;/m11........./s1. The first-order valence-corrected chi connectivity index (χ1v) is 45.3. The number of allylic oxidation sites excluding steroid dienone is 2. The number of hydrogen-bond acceptors (Lipinski definition) is 26. The number of halogens is 6. The Kier molecular flexibility index (Phi) is 50.7. The number of aldehydes is 1. The number of piperidine rings is 2. The maximum atomic E-state index is 13.4. The number of benzene rings is 2. The van der Waals surface area contributed by atoms with E-state index in [4.69, 9.17) is 48.7 Å². The van der Waals surface area contributed by atoms with Gasteiger partial charge in [0.2, 0.25) is 5.97 Å². The molecule has 6 atom stereocenters. The monoisotopic (exact) mass is 1920 g/mol. The van der Waals surface area contributed by atoms with E-state index in [0.717, 1.165) is 214 Å². The van der Waals surface area contributed by atoms with E-state index in [-0.39, 0.29) is 99.8 Å².